The first-order valence-electron chi connectivity index (χ1n) is 15.7. The van der Waals surface area contributed by atoms with Crippen LogP contribution in [-0.2, 0) is 9.59 Å². The maximum Gasteiger partial charge on any atom is 0.222 e. The summed E-state index contributed by atoms with van der Waals surface area (Å²) in [5.41, 5.74) is 0.460. The lowest BCUT2D eigenvalue weighted by Crippen LogP contribution is -2.57. The molecule has 4 nitrogen and oxygen atoms in total. The molecule has 4 fully saturated rings. The van der Waals surface area contributed by atoms with Gasteiger partial charge in [-0.15, -0.1) is 0 Å². The number of aliphatic hydroxyl groups is 1. The number of amides is 1. The average Bonchev–Trinajstić information content (AvgIpc) is 3.16. The summed E-state index contributed by atoms with van der Waals surface area (Å²) in [5.74, 6) is 4.32. The molecule has 36 heavy (non-hydrogen) atoms. The van der Waals surface area contributed by atoms with Gasteiger partial charge in [0.1, 0.15) is 5.78 Å². The number of rotatable bonds is 11. The zero-order chi connectivity index (χ0) is 25.9. The largest absolute Gasteiger partial charge is 0.393 e. The molecule has 0 spiro atoms. The molecule has 0 aromatic rings. The summed E-state index contributed by atoms with van der Waals surface area (Å²) in [6.07, 6.45) is 17.8. The number of ketones is 1. The molecular formula is C32H55NO3. The van der Waals surface area contributed by atoms with E-state index < -0.39 is 0 Å². The van der Waals surface area contributed by atoms with Crippen LogP contribution in [0.4, 0.5) is 0 Å². The molecule has 1 N–H and O–H groups in total. The monoisotopic (exact) mass is 501 g/mol. The number of aliphatic hydroxyl groups excluding tert-OH is 1. The van der Waals surface area contributed by atoms with Gasteiger partial charge in [-0.25, -0.2) is 0 Å². The summed E-state index contributed by atoms with van der Waals surface area (Å²) in [6.45, 7) is 10.7. The van der Waals surface area contributed by atoms with Crippen LogP contribution in [0.2, 0.25) is 0 Å². The fourth-order valence-corrected chi connectivity index (χ4v) is 9.61. The van der Waals surface area contributed by atoms with Gasteiger partial charge in [0.25, 0.3) is 0 Å². The summed E-state index contributed by atoms with van der Waals surface area (Å²) in [4.78, 5) is 26.6. The van der Waals surface area contributed by atoms with E-state index in [1.807, 2.05) is 4.90 Å². The molecule has 0 aliphatic heterocycles. The maximum absolute atomic E-state index is 12.4. The molecule has 1 amide bonds. The lowest BCUT2D eigenvalue weighted by molar-refractivity contribution is -0.156. The van der Waals surface area contributed by atoms with Crippen LogP contribution in [0.1, 0.15) is 130 Å². The van der Waals surface area contributed by atoms with E-state index in [9.17, 15) is 14.7 Å². The second-order valence-electron chi connectivity index (χ2n) is 13.6. The zero-order valence-electron chi connectivity index (χ0n) is 23.9. The van der Waals surface area contributed by atoms with Crippen LogP contribution in [0.25, 0.3) is 0 Å². The molecule has 4 rings (SSSR count). The van der Waals surface area contributed by atoms with Crippen LogP contribution < -0.4 is 0 Å². The number of unbranched alkanes of at least 4 members (excludes halogenated alkanes) is 5. The van der Waals surface area contributed by atoms with E-state index in [-0.39, 0.29) is 11.5 Å². The Morgan fingerprint density at radius 1 is 0.917 bits per heavy atom. The lowest BCUT2D eigenvalue weighted by Gasteiger charge is -2.62. The SMILES string of the molecule is CCN(CC)C(=O)CCCCCCCC[C@@H]1C[C@H]2CC(=O)CC[C@]2(C)[C@H]2CC[C@]3(C)[C@@H](O)CC[C@H]3[C@H]12. The van der Waals surface area contributed by atoms with Crippen molar-refractivity contribution in [3.8, 4) is 0 Å². The summed E-state index contributed by atoms with van der Waals surface area (Å²) < 4.78 is 0. The van der Waals surface area contributed by atoms with Crippen LogP contribution in [0.15, 0.2) is 0 Å². The summed E-state index contributed by atoms with van der Waals surface area (Å²) in [5, 5.41) is 10.9. The Morgan fingerprint density at radius 3 is 2.31 bits per heavy atom. The molecular weight excluding hydrogens is 446 g/mol. The second-order valence-corrected chi connectivity index (χ2v) is 13.6. The van der Waals surface area contributed by atoms with E-state index in [4.69, 9.17) is 0 Å². The number of hydrogen-bond acceptors (Lipinski definition) is 3. The Morgan fingerprint density at radius 2 is 1.58 bits per heavy atom. The van der Waals surface area contributed by atoms with Gasteiger partial charge in [-0.2, -0.15) is 0 Å². The van der Waals surface area contributed by atoms with Crippen molar-refractivity contribution < 1.29 is 14.7 Å². The van der Waals surface area contributed by atoms with Gasteiger partial charge in [0.2, 0.25) is 5.91 Å². The maximum atomic E-state index is 12.4. The first-order valence-corrected chi connectivity index (χ1v) is 15.7. The van der Waals surface area contributed by atoms with Crippen LogP contribution in [-0.4, -0.2) is 40.9 Å². The van der Waals surface area contributed by atoms with Crippen LogP contribution in [0.3, 0.4) is 0 Å². The summed E-state index contributed by atoms with van der Waals surface area (Å²) in [7, 11) is 0. The molecule has 0 aromatic carbocycles. The molecule has 4 aliphatic rings. The van der Waals surface area contributed by atoms with E-state index in [1.165, 1.54) is 64.2 Å². The average molecular weight is 502 g/mol. The number of Topliss-reactive ketones (excluding diaryl/α,β-unsaturated/α-hetero) is 1. The van der Waals surface area contributed by atoms with Gasteiger partial charge in [-0.3, -0.25) is 9.59 Å². The smallest absolute Gasteiger partial charge is 0.222 e. The molecule has 4 saturated carbocycles. The first kappa shape index (κ1) is 28.1. The fraction of sp³-hybridized carbons (Fsp3) is 0.938. The van der Waals surface area contributed by atoms with Crippen molar-refractivity contribution in [2.24, 2.45) is 40.4 Å². The third-order valence-corrected chi connectivity index (χ3v) is 11.9. The minimum atomic E-state index is -0.115. The van der Waals surface area contributed by atoms with Crippen molar-refractivity contribution in [1.82, 2.24) is 4.90 Å². The van der Waals surface area contributed by atoms with Crippen molar-refractivity contribution in [3.05, 3.63) is 0 Å². The van der Waals surface area contributed by atoms with E-state index in [0.29, 0.717) is 35.4 Å². The highest BCUT2D eigenvalue weighted by Gasteiger charge is 2.62. The Hall–Kier alpha value is -0.900. The van der Waals surface area contributed by atoms with E-state index >= 15 is 0 Å². The third kappa shape index (κ3) is 5.45. The minimum absolute atomic E-state index is 0.115. The highest BCUT2D eigenvalue weighted by molar-refractivity contribution is 5.79. The highest BCUT2D eigenvalue weighted by Crippen LogP contribution is 2.67. The van der Waals surface area contributed by atoms with Crippen molar-refractivity contribution in [1.29, 1.82) is 0 Å². The van der Waals surface area contributed by atoms with Crippen molar-refractivity contribution in [2.45, 2.75) is 137 Å². The molecule has 0 unspecified atom stereocenters. The molecule has 4 aliphatic carbocycles. The van der Waals surface area contributed by atoms with E-state index in [1.54, 1.807) is 0 Å². The topological polar surface area (TPSA) is 57.6 Å². The van der Waals surface area contributed by atoms with Gasteiger partial charge in [0.15, 0.2) is 0 Å². The predicted octanol–water partition coefficient (Wildman–Crippen LogP) is 7.17. The first-order chi connectivity index (χ1) is 17.2. The molecule has 0 heterocycles. The summed E-state index contributed by atoms with van der Waals surface area (Å²) in [6, 6.07) is 0. The predicted molar refractivity (Wildman–Crippen MR) is 146 cm³/mol. The quantitative estimate of drug-likeness (QED) is 0.305. The standard InChI is InChI=1S/C32H55NO3/c1-5-33(6-2)29(36)14-12-10-8-7-9-11-13-23-21-24-22-25(34)17-19-31(24,3)27-18-20-32(4)26(30(23)27)15-16-28(32)35/h23-24,26-28,30,35H,5-22H2,1-4H3/t23-,24+,26+,27+,28+,30+,31+,32+/m1/s1. The lowest BCUT2D eigenvalue weighted by atomic mass is 9.42. The molecule has 4 heteroatoms. The van der Waals surface area contributed by atoms with Crippen molar-refractivity contribution >= 4 is 11.7 Å². The molecule has 8 atom stereocenters. The van der Waals surface area contributed by atoms with Crippen molar-refractivity contribution in [2.75, 3.05) is 13.1 Å². The number of fused-ring (bicyclic) bond motifs is 5. The van der Waals surface area contributed by atoms with Crippen LogP contribution >= 0.6 is 0 Å². The van der Waals surface area contributed by atoms with Crippen LogP contribution in [0.5, 0.6) is 0 Å². The molecule has 0 aromatic heterocycles. The van der Waals surface area contributed by atoms with E-state index in [0.717, 1.165) is 62.9 Å². The van der Waals surface area contributed by atoms with Gasteiger partial charge in [0, 0.05) is 32.4 Å². The molecule has 0 radical (unpaired) electrons. The number of nitrogens with zero attached hydrogens (tertiary/aromatic N) is 1. The van der Waals surface area contributed by atoms with Gasteiger partial charge < -0.3 is 10.0 Å². The van der Waals surface area contributed by atoms with Gasteiger partial charge >= 0.3 is 0 Å². The minimum Gasteiger partial charge on any atom is -0.393 e. The number of hydrogen-bond donors (Lipinski definition) is 1. The fourth-order valence-electron chi connectivity index (χ4n) is 9.61. The van der Waals surface area contributed by atoms with Crippen molar-refractivity contribution in [3.63, 3.8) is 0 Å². The van der Waals surface area contributed by atoms with Gasteiger partial charge in [-0.05, 0) is 99.2 Å². The molecule has 0 saturated heterocycles. The highest BCUT2D eigenvalue weighted by atomic mass is 16.3. The second kappa shape index (κ2) is 11.9. The van der Waals surface area contributed by atoms with Crippen LogP contribution in [0, 0.1) is 40.4 Å². The number of carbonyl (C=O) groups is 2. The zero-order valence-corrected chi connectivity index (χ0v) is 23.9. The third-order valence-electron chi connectivity index (χ3n) is 11.9. The Kier molecular flexibility index (Phi) is 9.27. The number of carbonyl (C=O) groups excluding carboxylic acids is 2. The Labute approximate surface area is 221 Å². The Bertz CT molecular complexity index is 762. The van der Waals surface area contributed by atoms with Gasteiger partial charge in [-0.1, -0.05) is 52.4 Å². The normalized spacial score (nSPS) is 39.9. The van der Waals surface area contributed by atoms with E-state index in [2.05, 4.69) is 27.7 Å². The van der Waals surface area contributed by atoms with Gasteiger partial charge in [0.05, 0.1) is 6.10 Å². The molecule has 0 bridgehead atoms. The molecule has 206 valence electrons. The summed E-state index contributed by atoms with van der Waals surface area (Å²) >= 11 is 0. The Balaban J connectivity index is 1.29.